The molecule has 0 unspecified atom stereocenters. The van der Waals surface area contributed by atoms with Crippen LogP contribution in [-0.4, -0.2) is 14.3 Å². The number of hydrazine groups is 1. The Bertz CT molecular complexity index is 836. The van der Waals surface area contributed by atoms with E-state index in [1.807, 2.05) is 4.83 Å². The van der Waals surface area contributed by atoms with Crippen LogP contribution in [0.3, 0.4) is 0 Å². The number of amides is 1. The monoisotopic (exact) mass is 358 g/mol. The quantitative estimate of drug-likeness (QED) is 0.823. The molecule has 1 aliphatic rings. The van der Waals surface area contributed by atoms with Crippen LogP contribution in [0, 0.1) is 11.6 Å². The lowest BCUT2D eigenvalue weighted by molar-refractivity contribution is 0.0949. The first-order chi connectivity index (χ1) is 10.8. The van der Waals surface area contributed by atoms with E-state index in [0.29, 0.717) is 23.1 Å². The summed E-state index contributed by atoms with van der Waals surface area (Å²) in [7, 11) is -4.26. The average molecular weight is 358 g/mol. The van der Waals surface area contributed by atoms with Gasteiger partial charge in [0.25, 0.3) is 15.9 Å². The molecule has 1 amide bonds. The SMILES string of the molecule is O=C(NNS(=O)(=O)c1cc(F)cc(F)c1)c1cc2c(s1)CCC2. The molecule has 1 aromatic heterocycles. The molecule has 0 atom stereocenters. The van der Waals surface area contributed by atoms with E-state index >= 15 is 0 Å². The molecule has 1 heterocycles. The Morgan fingerprint density at radius 1 is 1.09 bits per heavy atom. The molecule has 0 saturated carbocycles. The van der Waals surface area contributed by atoms with E-state index in [1.165, 1.54) is 11.3 Å². The maximum Gasteiger partial charge on any atom is 0.276 e. The van der Waals surface area contributed by atoms with Gasteiger partial charge >= 0.3 is 0 Å². The lowest BCUT2D eigenvalue weighted by atomic mass is 10.2. The molecule has 0 bridgehead atoms. The van der Waals surface area contributed by atoms with Gasteiger partial charge in [0.05, 0.1) is 9.77 Å². The third-order valence-electron chi connectivity index (χ3n) is 3.42. The standard InChI is InChI=1S/C14H12F2N2O3S2/c15-9-5-10(16)7-11(6-9)23(20,21)18-17-14(19)13-4-8-2-1-3-12(8)22-13/h4-7,18H,1-3H2,(H,17,19). The van der Waals surface area contributed by atoms with Crippen molar-refractivity contribution in [1.29, 1.82) is 0 Å². The van der Waals surface area contributed by atoms with Crippen molar-refractivity contribution in [1.82, 2.24) is 10.3 Å². The van der Waals surface area contributed by atoms with Gasteiger partial charge in [-0.2, -0.15) is 0 Å². The minimum atomic E-state index is -4.26. The van der Waals surface area contributed by atoms with Crippen LogP contribution in [0.15, 0.2) is 29.2 Å². The zero-order valence-electron chi connectivity index (χ0n) is 11.7. The Morgan fingerprint density at radius 3 is 2.43 bits per heavy atom. The molecule has 1 aliphatic carbocycles. The van der Waals surface area contributed by atoms with E-state index in [1.54, 1.807) is 6.07 Å². The molecule has 0 radical (unpaired) electrons. The van der Waals surface area contributed by atoms with Crippen molar-refractivity contribution in [2.75, 3.05) is 0 Å². The summed E-state index contributed by atoms with van der Waals surface area (Å²) in [6.45, 7) is 0. The smallest absolute Gasteiger partial charge is 0.273 e. The molecule has 1 aromatic carbocycles. The third kappa shape index (κ3) is 3.41. The lowest BCUT2D eigenvalue weighted by Crippen LogP contribution is -2.41. The maximum absolute atomic E-state index is 13.1. The highest BCUT2D eigenvalue weighted by atomic mass is 32.2. The maximum atomic E-state index is 13.1. The summed E-state index contributed by atoms with van der Waals surface area (Å²) in [5.74, 6) is -2.65. The van der Waals surface area contributed by atoms with Crippen molar-refractivity contribution in [2.24, 2.45) is 0 Å². The van der Waals surface area contributed by atoms with E-state index in [-0.39, 0.29) is 0 Å². The number of nitrogens with one attached hydrogen (secondary N) is 2. The normalized spacial score (nSPS) is 13.8. The average Bonchev–Trinajstić information content (AvgIpc) is 3.05. The Labute approximate surface area is 135 Å². The van der Waals surface area contributed by atoms with E-state index in [2.05, 4.69) is 5.43 Å². The van der Waals surface area contributed by atoms with Gasteiger partial charge in [-0.3, -0.25) is 10.2 Å². The first kappa shape index (κ1) is 16.0. The van der Waals surface area contributed by atoms with Crippen LogP contribution in [0.1, 0.15) is 26.5 Å². The molecule has 0 spiro atoms. The molecular weight excluding hydrogens is 346 g/mol. The van der Waals surface area contributed by atoms with Crippen molar-refractivity contribution in [3.05, 3.63) is 51.2 Å². The lowest BCUT2D eigenvalue weighted by Gasteiger charge is -2.08. The van der Waals surface area contributed by atoms with Gasteiger partial charge in [0.2, 0.25) is 0 Å². The zero-order chi connectivity index (χ0) is 16.6. The van der Waals surface area contributed by atoms with Crippen LogP contribution < -0.4 is 10.3 Å². The van der Waals surface area contributed by atoms with Crippen LogP contribution in [0.25, 0.3) is 0 Å². The molecule has 3 rings (SSSR count). The van der Waals surface area contributed by atoms with Crippen molar-refractivity contribution in [3.8, 4) is 0 Å². The van der Waals surface area contributed by atoms with Crippen molar-refractivity contribution >= 4 is 27.3 Å². The minimum absolute atomic E-state index is 0.392. The summed E-state index contributed by atoms with van der Waals surface area (Å²) < 4.78 is 50.1. The highest BCUT2D eigenvalue weighted by Crippen LogP contribution is 2.30. The largest absolute Gasteiger partial charge is 0.276 e. The highest BCUT2D eigenvalue weighted by Gasteiger charge is 2.21. The van der Waals surface area contributed by atoms with Crippen molar-refractivity contribution in [2.45, 2.75) is 24.2 Å². The Hall–Kier alpha value is -1.84. The van der Waals surface area contributed by atoms with Gasteiger partial charge in [-0.05, 0) is 43.0 Å². The van der Waals surface area contributed by atoms with Gasteiger partial charge in [-0.15, -0.1) is 16.2 Å². The summed E-state index contributed by atoms with van der Waals surface area (Å²) in [4.78, 5) is 14.7. The fraction of sp³-hybridized carbons (Fsp3) is 0.214. The van der Waals surface area contributed by atoms with Gasteiger partial charge < -0.3 is 0 Å². The predicted octanol–water partition coefficient (Wildman–Crippen LogP) is 2.14. The van der Waals surface area contributed by atoms with Crippen LogP contribution in [0.5, 0.6) is 0 Å². The fourth-order valence-electron chi connectivity index (χ4n) is 2.36. The van der Waals surface area contributed by atoms with Crippen LogP contribution >= 0.6 is 11.3 Å². The number of benzene rings is 1. The van der Waals surface area contributed by atoms with Crippen LogP contribution in [0.2, 0.25) is 0 Å². The second-order valence-corrected chi connectivity index (χ2v) is 7.90. The Balaban J connectivity index is 1.72. The van der Waals surface area contributed by atoms with Crippen LogP contribution in [-0.2, 0) is 22.9 Å². The first-order valence-corrected chi connectivity index (χ1v) is 9.05. The summed E-state index contributed by atoms with van der Waals surface area (Å²) >= 11 is 1.31. The zero-order valence-corrected chi connectivity index (χ0v) is 13.4. The number of rotatable bonds is 4. The molecule has 0 fully saturated rings. The number of halogens is 2. The number of carbonyl (C=O) groups excluding carboxylic acids is 1. The third-order valence-corrected chi connectivity index (χ3v) is 5.88. The molecule has 23 heavy (non-hydrogen) atoms. The van der Waals surface area contributed by atoms with E-state index in [4.69, 9.17) is 0 Å². The summed E-state index contributed by atoms with van der Waals surface area (Å²) in [5, 5.41) is 0. The minimum Gasteiger partial charge on any atom is -0.273 e. The number of sulfonamides is 1. The molecule has 0 saturated heterocycles. The number of thiophene rings is 1. The molecule has 2 N–H and O–H groups in total. The summed E-state index contributed by atoms with van der Waals surface area (Å²) in [5.41, 5.74) is 3.16. The van der Waals surface area contributed by atoms with Crippen molar-refractivity contribution in [3.63, 3.8) is 0 Å². The number of hydrogen-bond donors (Lipinski definition) is 2. The molecule has 9 heteroatoms. The van der Waals surface area contributed by atoms with Crippen molar-refractivity contribution < 1.29 is 22.0 Å². The molecule has 122 valence electrons. The second-order valence-electron chi connectivity index (χ2n) is 5.08. The second kappa shape index (κ2) is 5.99. The Morgan fingerprint density at radius 2 is 1.78 bits per heavy atom. The summed E-state index contributed by atoms with van der Waals surface area (Å²) in [6.07, 6.45) is 2.88. The van der Waals surface area contributed by atoms with E-state index < -0.39 is 32.5 Å². The molecule has 5 nitrogen and oxygen atoms in total. The van der Waals surface area contributed by atoms with E-state index in [9.17, 15) is 22.0 Å². The molecule has 0 aliphatic heterocycles. The number of fused-ring (bicyclic) bond motifs is 1. The number of carbonyl (C=O) groups is 1. The molecule has 2 aromatic rings. The van der Waals surface area contributed by atoms with Gasteiger partial charge in [-0.1, -0.05) is 0 Å². The van der Waals surface area contributed by atoms with Crippen LogP contribution in [0.4, 0.5) is 8.78 Å². The van der Waals surface area contributed by atoms with E-state index in [0.717, 1.165) is 29.7 Å². The van der Waals surface area contributed by atoms with Gasteiger partial charge in [0.1, 0.15) is 11.6 Å². The molecular formula is C14H12F2N2O3S2. The predicted molar refractivity (Wildman–Crippen MR) is 80.5 cm³/mol. The highest BCUT2D eigenvalue weighted by molar-refractivity contribution is 7.89. The fourth-order valence-corrected chi connectivity index (χ4v) is 4.39. The van der Waals surface area contributed by atoms with Gasteiger partial charge in [-0.25, -0.2) is 17.2 Å². The first-order valence-electron chi connectivity index (χ1n) is 6.75. The number of aryl methyl sites for hydroxylation is 2. The van der Waals surface area contributed by atoms with Gasteiger partial charge in [0, 0.05) is 10.9 Å². The summed E-state index contributed by atoms with van der Waals surface area (Å²) in [6, 6.07) is 3.62. The topological polar surface area (TPSA) is 75.3 Å². The van der Waals surface area contributed by atoms with Gasteiger partial charge in [0.15, 0.2) is 0 Å². The number of hydrogen-bond acceptors (Lipinski definition) is 4. The Kier molecular flexibility index (Phi) is 4.17.